The van der Waals surface area contributed by atoms with Crippen molar-refractivity contribution < 1.29 is 14.0 Å². The van der Waals surface area contributed by atoms with Gasteiger partial charge < -0.3 is 10.6 Å². The predicted molar refractivity (Wildman–Crippen MR) is 93.3 cm³/mol. The highest BCUT2D eigenvalue weighted by atomic mass is 32.1. The standard InChI is InChI=1S/C17H20FN3O2S/c1-2-21(11-16(22)19-10-15-4-3-9-24-15)12-17(23)20-14-7-5-13(18)6-8-14/h3-9H,2,10-12H2,1H3,(H,19,22)(H,20,23). The van der Waals surface area contributed by atoms with Gasteiger partial charge >= 0.3 is 0 Å². The maximum Gasteiger partial charge on any atom is 0.238 e. The number of amides is 2. The van der Waals surface area contributed by atoms with E-state index in [4.69, 9.17) is 0 Å². The van der Waals surface area contributed by atoms with E-state index in [9.17, 15) is 14.0 Å². The maximum atomic E-state index is 12.8. The van der Waals surface area contributed by atoms with Gasteiger partial charge in [-0.3, -0.25) is 14.5 Å². The Morgan fingerprint density at radius 3 is 2.46 bits per heavy atom. The second-order valence-electron chi connectivity index (χ2n) is 5.21. The highest BCUT2D eigenvalue weighted by Crippen LogP contribution is 2.08. The van der Waals surface area contributed by atoms with E-state index in [1.807, 2.05) is 24.4 Å². The Morgan fingerprint density at radius 1 is 1.12 bits per heavy atom. The Kier molecular flexibility index (Phi) is 6.89. The third-order valence-corrected chi connectivity index (χ3v) is 4.23. The number of halogens is 1. The summed E-state index contributed by atoms with van der Waals surface area (Å²) in [5, 5.41) is 7.48. The van der Waals surface area contributed by atoms with Gasteiger partial charge in [-0.2, -0.15) is 0 Å². The molecule has 1 aromatic carbocycles. The van der Waals surface area contributed by atoms with Crippen LogP contribution in [0.5, 0.6) is 0 Å². The molecule has 2 N–H and O–H groups in total. The lowest BCUT2D eigenvalue weighted by Crippen LogP contribution is -2.40. The Bertz CT molecular complexity index is 659. The van der Waals surface area contributed by atoms with E-state index in [1.54, 1.807) is 16.2 Å². The Balaban J connectivity index is 1.76. The van der Waals surface area contributed by atoms with E-state index in [2.05, 4.69) is 10.6 Å². The summed E-state index contributed by atoms with van der Waals surface area (Å²) in [6.07, 6.45) is 0. The summed E-state index contributed by atoms with van der Waals surface area (Å²) in [7, 11) is 0. The van der Waals surface area contributed by atoms with Crippen molar-refractivity contribution in [3.63, 3.8) is 0 Å². The zero-order valence-corrected chi connectivity index (χ0v) is 14.2. The molecule has 1 heterocycles. The molecule has 2 aromatic rings. The van der Waals surface area contributed by atoms with Crippen molar-refractivity contribution in [2.45, 2.75) is 13.5 Å². The largest absolute Gasteiger partial charge is 0.350 e. The molecule has 0 spiro atoms. The van der Waals surface area contributed by atoms with Crippen molar-refractivity contribution in [2.75, 3.05) is 25.0 Å². The Hall–Kier alpha value is -2.25. The second kappa shape index (κ2) is 9.14. The molecule has 0 atom stereocenters. The number of hydrogen-bond acceptors (Lipinski definition) is 4. The van der Waals surface area contributed by atoms with Crippen LogP contribution in [-0.2, 0) is 16.1 Å². The molecule has 0 aliphatic rings. The topological polar surface area (TPSA) is 61.4 Å². The number of hydrogen-bond donors (Lipinski definition) is 2. The van der Waals surface area contributed by atoms with Crippen LogP contribution in [0.1, 0.15) is 11.8 Å². The molecule has 2 amide bonds. The van der Waals surface area contributed by atoms with E-state index in [1.165, 1.54) is 24.3 Å². The zero-order chi connectivity index (χ0) is 17.4. The van der Waals surface area contributed by atoms with Gasteiger partial charge in [-0.15, -0.1) is 11.3 Å². The number of benzene rings is 1. The van der Waals surface area contributed by atoms with Gasteiger partial charge in [0.2, 0.25) is 11.8 Å². The van der Waals surface area contributed by atoms with Gasteiger partial charge in [-0.1, -0.05) is 13.0 Å². The molecule has 0 aliphatic heterocycles. The first kappa shape index (κ1) is 18.1. The fourth-order valence-electron chi connectivity index (χ4n) is 2.07. The second-order valence-corrected chi connectivity index (χ2v) is 6.25. The summed E-state index contributed by atoms with van der Waals surface area (Å²) < 4.78 is 12.8. The van der Waals surface area contributed by atoms with Crippen molar-refractivity contribution in [2.24, 2.45) is 0 Å². The van der Waals surface area contributed by atoms with Gasteiger partial charge in [0.15, 0.2) is 0 Å². The van der Waals surface area contributed by atoms with Gasteiger partial charge in [0.05, 0.1) is 19.6 Å². The molecule has 0 radical (unpaired) electrons. The number of rotatable bonds is 8. The lowest BCUT2D eigenvalue weighted by molar-refractivity contribution is -0.123. The van der Waals surface area contributed by atoms with E-state index >= 15 is 0 Å². The lowest BCUT2D eigenvalue weighted by atomic mass is 10.3. The van der Waals surface area contributed by atoms with Gasteiger partial charge in [0.25, 0.3) is 0 Å². The molecule has 0 saturated heterocycles. The average molecular weight is 349 g/mol. The fourth-order valence-corrected chi connectivity index (χ4v) is 2.72. The minimum atomic E-state index is -0.356. The normalized spacial score (nSPS) is 10.6. The first-order chi connectivity index (χ1) is 11.6. The first-order valence-corrected chi connectivity index (χ1v) is 8.51. The lowest BCUT2D eigenvalue weighted by Gasteiger charge is -2.19. The van der Waals surface area contributed by atoms with Crippen LogP contribution in [0.2, 0.25) is 0 Å². The Morgan fingerprint density at radius 2 is 1.83 bits per heavy atom. The monoisotopic (exact) mass is 349 g/mol. The third kappa shape index (κ3) is 6.10. The van der Waals surface area contributed by atoms with Crippen LogP contribution in [0.4, 0.5) is 10.1 Å². The summed E-state index contributed by atoms with van der Waals surface area (Å²) >= 11 is 1.58. The van der Waals surface area contributed by atoms with Crippen LogP contribution >= 0.6 is 11.3 Å². The number of thiophene rings is 1. The predicted octanol–water partition coefficient (Wildman–Crippen LogP) is 2.46. The molecule has 0 saturated carbocycles. The molecule has 0 bridgehead atoms. The molecule has 0 fully saturated rings. The number of anilines is 1. The van der Waals surface area contributed by atoms with Crippen molar-refractivity contribution in [3.05, 3.63) is 52.5 Å². The number of carbonyl (C=O) groups is 2. The van der Waals surface area contributed by atoms with Crippen LogP contribution in [0.15, 0.2) is 41.8 Å². The molecule has 1 aromatic heterocycles. The molecule has 128 valence electrons. The minimum absolute atomic E-state index is 0.0975. The van der Waals surface area contributed by atoms with Crippen LogP contribution in [0, 0.1) is 5.82 Å². The summed E-state index contributed by atoms with van der Waals surface area (Å²) in [6.45, 7) is 3.20. The summed E-state index contributed by atoms with van der Waals surface area (Å²) in [6, 6.07) is 9.45. The molecule has 2 rings (SSSR count). The zero-order valence-electron chi connectivity index (χ0n) is 13.4. The third-order valence-electron chi connectivity index (χ3n) is 3.35. The van der Waals surface area contributed by atoms with Crippen molar-refractivity contribution in [3.8, 4) is 0 Å². The highest BCUT2D eigenvalue weighted by Gasteiger charge is 2.13. The molecular formula is C17H20FN3O2S. The number of nitrogens with zero attached hydrogens (tertiary/aromatic N) is 1. The SMILES string of the molecule is CCN(CC(=O)NCc1cccs1)CC(=O)Nc1ccc(F)cc1. The van der Waals surface area contributed by atoms with E-state index in [-0.39, 0.29) is 30.7 Å². The van der Waals surface area contributed by atoms with E-state index < -0.39 is 0 Å². The van der Waals surface area contributed by atoms with Gasteiger partial charge in [-0.05, 0) is 42.3 Å². The molecule has 7 heteroatoms. The molecular weight excluding hydrogens is 329 g/mol. The summed E-state index contributed by atoms with van der Waals surface area (Å²) in [5.41, 5.74) is 0.527. The van der Waals surface area contributed by atoms with Crippen LogP contribution in [-0.4, -0.2) is 36.3 Å². The van der Waals surface area contributed by atoms with Crippen molar-refractivity contribution >= 4 is 28.8 Å². The van der Waals surface area contributed by atoms with Gasteiger partial charge in [0, 0.05) is 10.6 Å². The van der Waals surface area contributed by atoms with Crippen LogP contribution in [0.25, 0.3) is 0 Å². The van der Waals surface area contributed by atoms with Crippen LogP contribution in [0.3, 0.4) is 0 Å². The molecule has 24 heavy (non-hydrogen) atoms. The quantitative estimate of drug-likeness (QED) is 0.770. The first-order valence-electron chi connectivity index (χ1n) is 7.63. The Labute approximate surface area is 144 Å². The smallest absolute Gasteiger partial charge is 0.238 e. The fraction of sp³-hybridized carbons (Fsp3) is 0.294. The number of carbonyl (C=O) groups excluding carboxylic acids is 2. The summed E-state index contributed by atoms with van der Waals surface area (Å²) in [4.78, 5) is 26.8. The van der Waals surface area contributed by atoms with Gasteiger partial charge in [0.1, 0.15) is 5.82 Å². The molecule has 0 aliphatic carbocycles. The van der Waals surface area contributed by atoms with Gasteiger partial charge in [-0.25, -0.2) is 4.39 Å². The van der Waals surface area contributed by atoms with Crippen molar-refractivity contribution in [1.82, 2.24) is 10.2 Å². The molecule has 5 nitrogen and oxygen atoms in total. The maximum absolute atomic E-state index is 12.8. The van der Waals surface area contributed by atoms with E-state index in [0.717, 1.165) is 4.88 Å². The molecule has 0 unspecified atom stereocenters. The minimum Gasteiger partial charge on any atom is -0.350 e. The number of likely N-dealkylation sites (N-methyl/N-ethyl adjacent to an activating group) is 1. The van der Waals surface area contributed by atoms with E-state index in [0.29, 0.717) is 18.8 Å². The summed E-state index contributed by atoms with van der Waals surface area (Å²) in [5.74, 6) is -0.722. The number of nitrogens with one attached hydrogen (secondary N) is 2. The highest BCUT2D eigenvalue weighted by molar-refractivity contribution is 7.09. The average Bonchev–Trinajstić information content (AvgIpc) is 3.08. The van der Waals surface area contributed by atoms with Crippen molar-refractivity contribution in [1.29, 1.82) is 0 Å². The van der Waals surface area contributed by atoms with Crippen LogP contribution < -0.4 is 10.6 Å².